The van der Waals surface area contributed by atoms with Crippen LogP contribution < -0.4 is 10.9 Å². The monoisotopic (exact) mass is 467 g/mol. The van der Waals surface area contributed by atoms with E-state index in [0.29, 0.717) is 21.7 Å². The number of hydrogen-bond acceptors (Lipinski definition) is 4. The van der Waals surface area contributed by atoms with E-state index < -0.39 is 5.82 Å². The van der Waals surface area contributed by atoms with Crippen molar-refractivity contribution in [1.29, 1.82) is 0 Å². The van der Waals surface area contributed by atoms with E-state index in [1.807, 2.05) is 31.2 Å². The molecule has 0 unspecified atom stereocenters. The number of carbonyl (C=O) groups excluding carboxylic acids is 1. The molecule has 0 bridgehead atoms. The number of hydrogen-bond donors (Lipinski definition) is 1. The Morgan fingerprint density at radius 3 is 2.66 bits per heavy atom. The van der Waals surface area contributed by atoms with Crippen LogP contribution in [0.2, 0.25) is 5.02 Å². The van der Waals surface area contributed by atoms with Gasteiger partial charge in [-0.2, -0.15) is 0 Å². The van der Waals surface area contributed by atoms with Crippen molar-refractivity contribution >= 4 is 45.9 Å². The summed E-state index contributed by atoms with van der Waals surface area (Å²) in [6.07, 6.45) is 0.792. The molecule has 5 nitrogen and oxygen atoms in total. The number of nitrogens with zero attached hydrogens (tertiary/aromatic N) is 2. The molecule has 1 amide bonds. The quantitative estimate of drug-likeness (QED) is 0.301. The van der Waals surface area contributed by atoms with Crippen LogP contribution in [0.5, 0.6) is 0 Å². The molecule has 8 heteroatoms. The maximum atomic E-state index is 13.7. The normalized spacial score (nSPS) is 11.0. The predicted molar refractivity (Wildman–Crippen MR) is 127 cm³/mol. The van der Waals surface area contributed by atoms with Gasteiger partial charge in [-0.25, -0.2) is 9.37 Å². The predicted octanol–water partition coefficient (Wildman–Crippen LogP) is 5.47. The lowest BCUT2D eigenvalue weighted by molar-refractivity contribution is -0.113. The van der Waals surface area contributed by atoms with E-state index in [4.69, 9.17) is 11.6 Å². The summed E-state index contributed by atoms with van der Waals surface area (Å²) < 4.78 is 15.1. The first kappa shape index (κ1) is 22.0. The standard InChI is InChI=1S/C24H19ClFN3O2S/c1-2-15-7-3-5-9-20(15)27-22(30)14-32-24-28-21-10-6-4-8-17(21)23(31)29(24)16-11-12-19(26)18(25)13-16/h3-13H,2,14H2,1H3,(H,27,30). The minimum atomic E-state index is -0.583. The second kappa shape index (κ2) is 9.54. The molecule has 0 saturated heterocycles. The van der Waals surface area contributed by atoms with E-state index in [2.05, 4.69) is 10.3 Å². The average molecular weight is 468 g/mol. The van der Waals surface area contributed by atoms with Crippen molar-refractivity contribution in [3.63, 3.8) is 0 Å². The van der Waals surface area contributed by atoms with E-state index in [1.54, 1.807) is 24.3 Å². The molecule has 4 aromatic rings. The van der Waals surface area contributed by atoms with Crippen molar-refractivity contribution in [2.75, 3.05) is 11.1 Å². The summed E-state index contributed by atoms with van der Waals surface area (Å²) in [7, 11) is 0. The minimum absolute atomic E-state index is 0.0394. The largest absolute Gasteiger partial charge is 0.325 e. The zero-order chi connectivity index (χ0) is 22.7. The first-order chi connectivity index (χ1) is 15.5. The zero-order valence-corrected chi connectivity index (χ0v) is 18.7. The van der Waals surface area contributed by atoms with Crippen molar-refractivity contribution in [3.05, 3.63) is 93.5 Å². The molecule has 0 saturated carbocycles. The molecule has 0 aliphatic rings. The van der Waals surface area contributed by atoms with E-state index in [0.717, 1.165) is 29.4 Å². The van der Waals surface area contributed by atoms with Crippen LogP contribution in [0.1, 0.15) is 12.5 Å². The molecule has 3 aromatic carbocycles. The first-order valence-corrected chi connectivity index (χ1v) is 11.3. The fourth-order valence-corrected chi connectivity index (χ4v) is 4.32. The number of carbonyl (C=O) groups is 1. The molecule has 1 aromatic heterocycles. The van der Waals surface area contributed by atoms with E-state index in [-0.39, 0.29) is 22.2 Å². The number of fused-ring (bicyclic) bond motifs is 1. The van der Waals surface area contributed by atoms with Gasteiger partial charge in [-0.1, -0.05) is 60.6 Å². The van der Waals surface area contributed by atoms with Crippen molar-refractivity contribution in [1.82, 2.24) is 9.55 Å². The number of benzene rings is 3. The average Bonchev–Trinajstić information content (AvgIpc) is 2.80. The number of aryl methyl sites for hydroxylation is 1. The van der Waals surface area contributed by atoms with Crippen LogP contribution in [-0.4, -0.2) is 21.2 Å². The van der Waals surface area contributed by atoms with Crippen LogP contribution in [-0.2, 0) is 11.2 Å². The van der Waals surface area contributed by atoms with E-state index >= 15 is 0 Å². The number of para-hydroxylation sites is 2. The summed E-state index contributed by atoms with van der Waals surface area (Å²) in [6.45, 7) is 2.02. The number of amides is 1. The highest BCUT2D eigenvalue weighted by molar-refractivity contribution is 7.99. The summed E-state index contributed by atoms with van der Waals surface area (Å²) in [5, 5.41) is 3.54. The third kappa shape index (κ3) is 4.54. The summed E-state index contributed by atoms with van der Waals surface area (Å²) >= 11 is 7.08. The molecule has 0 aliphatic heterocycles. The van der Waals surface area contributed by atoms with Crippen molar-refractivity contribution < 1.29 is 9.18 Å². The molecular formula is C24H19ClFN3O2S. The smallest absolute Gasteiger partial charge is 0.266 e. The van der Waals surface area contributed by atoms with Gasteiger partial charge < -0.3 is 5.32 Å². The Bertz CT molecular complexity index is 1370. The molecule has 1 N–H and O–H groups in total. The lowest BCUT2D eigenvalue weighted by atomic mass is 10.1. The van der Waals surface area contributed by atoms with Crippen LogP contribution in [0, 0.1) is 5.82 Å². The van der Waals surface area contributed by atoms with Crippen LogP contribution >= 0.6 is 23.4 Å². The van der Waals surface area contributed by atoms with Crippen LogP contribution in [0.3, 0.4) is 0 Å². The van der Waals surface area contributed by atoms with Crippen LogP contribution in [0.4, 0.5) is 10.1 Å². The lowest BCUT2D eigenvalue weighted by Gasteiger charge is -2.14. The Balaban J connectivity index is 1.69. The number of aromatic nitrogens is 2. The molecular weight excluding hydrogens is 449 g/mol. The molecule has 32 heavy (non-hydrogen) atoms. The number of nitrogens with one attached hydrogen (secondary N) is 1. The second-order valence-corrected chi connectivity index (χ2v) is 8.35. The van der Waals surface area contributed by atoms with Crippen molar-refractivity contribution in [2.45, 2.75) is 18.5 Å². The van der Waals surface area contributed by atoms with E-state index in [1.165, 1.54) is 22.8 Å². The number of anilines is 1. The van der Waals surface area contributed by atoms with E-state index in [9.17, 15) is 14.0 Å². The summed E-state index contributed by atoms with van der Waals surface area (Å²) in [6, 6.07) is 18.6. The summed E-state index contributed by atoms with van der Waals surface area (Å²) in [5.41, 5.74) is 2.36. The van der Waals surface area contributed by atoms with Crippen LogP contribution in [0.15, 0.2) is 76.7 Å². The number of halogens is 2. The zero-order valence-electron chi connectivity index (χ0n) is 17.1. The first-order valence-electron chi connectivity index (χ1n) is 9.95. The lowest BCUT2D eigenvalue weighted by Crippen LogP contribution is -2.23. The van der Waals surface area contributed by atoms with Crippen molar-refractivity contribution in [3.8, 4) is 5.69 Å². The highest BCUT2D eigenvalue weighted by Crippen LogP contribution is 2.25. The second-order valence-electron chi connectivity index (χ2n) is 7.00. The maximum absolute atomic E-state index is 13.7. The topological polar surface area (TPSA) is 64.0 Å². The third-order valence-corrected chi connectivity index (χ3v) is 6.14. The molecule has 0 atom stereocenters. The van der Waals surface area contributed by atoms with Gasteiger partial charge >= 0.3 is 0 Å². The molecule has 0 spiro atoms. The molecule has 0 fully saturated rings. The van der Waals surface area contributed by atoms with Gasteiger partial charge in [-0.05, 0) is 48.4 Å². The fourth-order valence-electron chi connectivity index (χ4n) is 3.33. The fraction of sp³-hybridized carbons (Fsp3) is 0.125. The van der Waals surface area contributed by atoms with Gasteiger partial charge in [0.05, 0.1) is 27.4 Å². The van der Waals surface area contributed by atoms with Crippen LogP contribution in [0.25, 0.3) is 16.6 Å². The maximum Gasteiger partial charge on any atom is 0.266 e. The molecule has 1 heterocycles. The van der Waals surface area contributed by atoms with Gasteiger partial charge in [0.2, 0.25) is 5.91 Å². The Labute approximate surface area is 193 Å². The highest BCUT2D eigenvalue weighted by Gasteiger charge is 2.16. The Hall–Kier alpha value is -3.16. The van der Waals surface area contributed by atoms with Gasteiger partial charge in [0.1, 0.15) is 5.82 Å². The summed E-state index contributed by atoms with van der Waals surface area (Å²) in [4.78, 5) is 30.5. The van der Waals surface area contributed by atoms with Gasteiger partial charge in [0, 0.05) is 5.69 Å². The van der Waals surface area contributed by atoms with Crippen molar-refractivity contribution in [2.24, 2.45) is 0 Å². The van der Waals surface area contributed by atoms with Gasteiger partial charge in [0.25, 0.3) is 5.56 Å². The van der Waals surface area contributed by atoms with Gasteiger partial charge in [-0.3, -0.25) is 14.2 Å². The Morgan fingerprint density at radius 1 is 1.12 bits per heavy atom. The van der Waals surface area contributed by atoms with Gasteiger partial charge in [-0.15, -0.1) is 0 Å². The SMILES string of the molecule is CCc1ccccc1NC(=O)CSc1nc2ccccc2c(=O)n1-c1ccc(F)c(Cl)c1. The number of rotatable bonds is 6. The number of thioether (sulfide) groups is 1. The highest BCUT2D eigenvalue weighted by atomic mass is 35.5. The molecule has 4 rings (SSSR count). The minimum Gasteiger partial charge on any atom is -0.325 e. The Morgan fingerprint density at radius 2 is 1.88 bits per heavy atom. The molecule has 0 radical (unpaired) electrons. The van der Waals surface area contributed by atoms with Gasteiger partial charge in [0.15, 0.2) is 5.16 Å². The summed E-state index contributed by atoms with van der Waals surface area (Å²) in [5.74, 6) is -0.764. The Kier molecular flexibility index (Phi) is 6.58. The molecule has 0 aliphatic carbocycles. The third-order valence-electron chi connectivity index (χ3n) is 4.91. The molecule has 162 valence electrons.